The molecule has 0 saturated carbocycles. The van der Waals surface area contributed by atoms with Crippen molar-refractivity contribution in [2.24, 2.45) is 0 Å². The van der Waals surface area contributed by atoms with E-state index in [2.05, 4.69) is 4.98 Å². The lowest BCUT2D eigenvalue weighted by Crippen LogP contribution is -2.56. The van der Waals surface area contributed by atoms with Crippen LogP contribution in [-0.4, -0.2) is 83.2 Å². The molecule has 3 aromatic carbocycles. The maximum Gasteiger partial charge on any atom is 0.347 e. The lowest BCUT2D eigenvalue weighted by atomic mass is 9.96. The maximum absolute atomic E-state index is 13.1. The van der Waals surface area contributed by atoms with Gasteiger partial charge in [0.2, 0.25) is 0 Å². The summed E-state index contributed by atoms with van der Waals surface area (Å²) >= 11 is 0. The van der Waals surface area contributed by atoms with E-state index in [1.54, 1.807) is 18.2 Å². The second-order valence-corrected chi connectivity index (χ2v) is 9.49. The third kappa shape index (κ3) is 2.69. The minimum atomic E-state index is -1.74. The first kappa shape index (κ1) is 23.0. The first-order chi connectivity index (χ1) is 18.2. The lowest BCUT2D eigenvalue weighted by Gasteiger charge is -2.41. The number of aromatic nitrogens is 2. The van der Waals surface area contributed by atoms with Gasteiger partial charge in [-0.2, -0.15) is 0 Å². The molecule has 0 spiro atoms. The van der Waals surface area contributed by atoms with Crippen LogP contribution in [0.2, 0.25) is 0 Å². The Labute approximate surface area is 211 Å². The topological polar surface area (TPSA) is 195 Å². The summed E-state index contributed by atoms with van der Waals surface area (Å²) in [5.41, 5.74) is 0.721. The molecular formula is C26H20N2O10. The van der Waals surface area contributed by atoms with Gasteiger partial charge in [0.05, 0.1) is 39.8 Å². The first-order valence-electron chi connectivity index (χ1n) is 11.8. The Morgan fingerprint density at radius 3 is 2.16 bits per heavy atom. The van der Waals surface area contributed by atoms with Gasteiger partial charge in [-0.05, 0) is 12.1 Å². The normalized spacial score (nSPS) is 25.6. The van der Waals surface area contributed by atoms with E-state index >= 15 is 0 Å². The number of ether oxygens (including phenoxy) is 2. The second kappa shape index (κ2) is 7.66. The number of benzene rings is 3. The number of aliphatic hydroxyl groups excluding tert-OH is 4. The molecule has 12 heteroatoms. The van der Waals surface area contributed by atoms with Gasteiger partial charge in [0.15, 0.2) is 6.23 Å². The first-order valence-corrected chi connectivity index (χ1v) is 11.8. The molecule has 5 unspecified atom stereocenters. The highest BCUT2D eigenvalue weighted by molar-refractivity contribution is 6.37. The molecule has 1 saturated heterocycles. The van der Waals surface area contributed by atoms with Crippen molar-refractivity contribution in [1.29, 1.82) is 0 Å². The molecule has 1 fully saturated rings. The molecule has 7 N–H and O–H groups in total. The number of aromatic amines is 1. The molecule has 38 heavy (non-hydrogen) atoms. The third-order valence-corrected chi connectivity index (χ3v) is 7.52. The van der Waals surface area contributed by atoms with Crippen LogP contribution in [0.4, 0.5) is 0 Å². The van der Waals surface area contributed by atoms with E-state index in [1.165, 1.54) is 22.8 Å². The SMILES string of the molecule is O=C1OC(=O)c2c1c1c3cccc(O)c3[nH]c1c1c2c2cccc(O)c2n1C1OC(CO)C(O)C(O)C1O. The standard InChI is InChI=1S/C26H20N2O10/c29-7-12-21(32)22(33)23(34)24(37-12)28-19-9(4-2-6-11(19)31)14-16-15(25(35)38-26(16)36)13-8-3-1-5-10(30)17(8)27-18(13)20(14)28/h1-6,12,21-24,27,29-34H,7H2. The molecule has 5 aromatic rings. The molecule has 12 nitrogen and oxygen atoms in total. The van der Waals surface area contributed by atoms with E-state index < -0.39 is 49.2 Å². The Morgan fingerprint density at radius 1 is 0.789 bits per heavy atom. The number of nitrogens with one attached hydrogen (secondary N) is 1. The number of esters is 2. The molecule has 0 aliphatic carbocycles. The third-order valence-electron chi connectivity index (χ3n) is 7.52. The van der Waals surface area contributed by atoms with Crippen molar-refractivity contribution in [2.75, 3.05) is 6.61 Å². The average Bonchev–Trinajstić information content (AvgIpc) is 3.53. The minimum Gasteiger partial charge on any atom is -0.506 e. The highest BCUT2D eigenvalue weighted by atomic mass is 16.6. The van der Waals surface area contributed by atoms with Crippen molar-refractivity contribution in [3.05, 3.63) is 47.5 Å². The van der Waals surface area contributed by atoms with Crippen LogP contribution in [0.25, 0.3) is 43.6 Å². The van der Waals surface area contributed by atoms with Gasteiger partial charge in [-0.3, -0.25) is 0 Å². The van der Waals surface area contributed by atoms with Crippen molar-refractivity contribution in [2.45, 2.75) is 30.6 Å². The Hall–Kier alpha value is -4.20. The summed E-state index contributed by atoms with van der Waals surface area (Å²) in [6.45, 7) is -0.684. The van der Waals surface area contributed by atoms with Crippen LogP contribution in [0.15, 0.2) is 36.4 Å². The highest BCUT2D eigenvalue weighted by Crippen LogP contribution is 2.48. The van der Waals surface area contributed by atoms with Gasteiger partial charge < -0.3 is 49.7 Å². The predicted molar refractivity (Wildman–Crippen MR) is 131 cm³/mol. The predicted octanol–water partition coefficient (Wildman–Crippen LogP) is 1.12. The number of fused-ring (bicyclic) bond motifs is 10. The van der Waals surface area contributed by atoms with Crippen LogP contribution in [0.5, 0.6) is 11.5 Å². The van der Waals surface area contributed by atoms with Crippen molar-refractivity contribution >= 4 is 55.6 Å². The number of aromatic hydroxyl groups is 2. The van der Waals surface area contributed by atoms with Crippen LogP contribution in [0.1, 0.15) is 26.9 Å². The van der Waals surface area contributed by atoms with E-state index in [0.717, 1.165) is 0 Å². The van der Waals surface area contributed by atoms with Crippen molar-refractivity contribution < 1.29 is 49.7 Å². The van der Waals surface area contributed by atoms with E-state index in [1.807, 2.05) is 0 Å². The van der Waals surface area contributed by atoms with E-state index in [0.29, 0.717) is 10.8 Å². The Morgan fingerprint density at radius 2 is 1.45 bits per heavy atom. The van der Waals surface area contributed by atoms with Crippen LogP contribution in [-0.2, 0) is 9.47 Å². The lowest BCUT2D eigenvalue weighted by molar-refractivity contribution is -0.249. The molecule has 0 radical (unpaired) electrons. The largest absolute Gasteiger partial charge is 0.506 e. The number of carbonyl (C=O) groups is 2. The van der Waals surface area contributed by atoms with Gasteiger partial charge in [0, 0.05) is 21.5 Å². The van der Waals surface area contributed by atoms with Gasteiger partial charge in [0.1, 0.15) is 35.9 Å². The fraction of sp³-hybridized carbons (Fsp3) is 0.231. The van der Waals surface area contributed by atoms with E-state index in [-0.39, 0.29) is 55.5 Å². The number of hydrogen-bond acceptors (Lipinski definition) is 10. The molecule has 0 bridgehead atoms. The second-order valence-electron chi connectivity index (χ2n) is 9.49. The van der Waals surface area contributed by atoms with Gasteiger partial charge in [-0.25, -0.2) is 9.59 Å². The molecule has 2 aromatic heterocycles. The summed E-state index contributed by atoms with van der Waals surface area (Å²) in [6.07, 6.45) is -7.82. The molecule has 7 rings (SSSR count). The Balaban J connectivity index is 1.74. The average molecular weight is 520 g/mol. The van der Waals surface area contributed by atoms with Crippen LogP contribution in [0.3, 0.4) is 0 Å². The molecule has 4 heterocycles. The number of nitrogens with zero attached hydrogens (tertiary/aromatic N) is 1. The smallest absolute Gasteiger partial charge is 0.347 e. The summed E-state index contributed by atoms with van der Waals surface area (Å²) in [5, 5.41) is 64.5. The molecule has 5 atom stereocenters. The van der Waals surface area contributed by atoms with Crippen LogP contribution in [0, 0.1) is 0 Å². The summed E-state index contributed by atoms with van der Waals surface area (Å²) < 4.78 is 12.2. The number of aliphatic hydroxyl groups is 4. The van der Waals surface area contributed by atoms with Gasteiger partial charge >= 0.3 is 11.9 Å². The zero-order valence-electron chi connectivity index (χ0n) is 19.3. The van der Waals surface area contributed by atoms with E-state index in [9.17, 15) is 40.2 Å². The molecule has 2 aliphatic rings. The Kier molecular flexibility index (Phi) is 4.63. The van der Waals surface area contributed by atoms with Crippen molar-refractivity contribution in [3.8, 4) is 11.5 Å². The number of para-hydroxylation sites is 2. The molecular weight excluding hydrogens is 500 g/mol. The summed E-state index contributed by atoms with van der Waals surface area (Å²) in [5.74, 6) is -2.19. The summed E-state index contributed by atoms with van der Waals surface area (Å²) in [6, 6.07) is 9.17. The zero-order valence-corrected chi connectivity index (χ0v) is 19.3. The Bertz CT molecular complexity index is 1850. The maximum atomic E-state index is 13.1. The van der Waals surface area contributed by atoms with Crippen LogP contribution >= 0.6 is 0 Å². The molecule has 194 valence electrons. The quantitative estimate of drug-likeness (QED) is 0.131. The number of H-pyrrole nitrogens is 1. The number of cyclic esters (lactones) is 2. The zero-order chi connectivity index (χ0) is 26.6. The number of phenols is 2. The molecule has 0 amide bonds. The van der Waals surface area contributed by atoms with Crippen LogP contribution < -0.4 is 0 Å². The van der Waals surface area contributed by atoms with Gasteiger partial charge in [-0.1, -0.05) is 24.3 Å². The number of hydrogen-bond donors (Lipinski definition) is 7. The van der Waals surface area contributed by atoms with Gasteiger partial charge in [-0.15, -0.1) is 0 Å². The summed E-state index contributed by atoms with van der Waals surface area (Å²) in [4.78, 5) is 29.1. The highest BCUT2D eigenvalue weighted by Gasteiger charge is 2.46. The fourth-order valence-electron chi connectivity index (χ4n) is 5.88. The van der Waals surface area contributed by atoms with Gasteiger partial charge in [0.25, 0.3) is 0 Å². The number of phenolic OH excluding ortho intramolecular Hbond substituents is 2. The fourth-order valence-corrected chi connectivity index (χ4v) is 5.88. The monoisotopic (exact) mass is 520 g/mol. The van der Waals surface area contributed by atoms with Crippen molar-refractivity contribution in [1.82, 2.24) is 9.55 Å². The van der Waals surface area contributed by atoms with Crippen molar-refractivity contribution in [3.63, 3.8) is 0 Å². The minimum absolute atomic E-state index is 0.0226. The molecule has 2 aliphatic heterocycles. The van der Waals surface area contributed by atoms with E-state index in [4.69, 9.17) is 9.47 Å². The number of carbonyl (C=O) groups excluding carboxylic acids is 2. The number of rotatable bonds is 2. The summed E-state index contributed by atoms with van der Waals surface area (Å²) in [7, 11) is 0.